The molecule has 2 atom stereocenters. The van der Waals surface area contributed by atoms with Crippen molar-refractivity contribution in [2.24, 2.45) is 0 Å². The molecular formula is C16H13F3O4S. The molecule has 0 radical (unpaired) electrons. The van der Waals surface area contributed by atoms with E-state index in [1.165, 1.54) is 43.3 Å². The normalized spacial score (nSPS) is 14.0. The summed E-state index contributed by atoms with van der Waals surface area (Å²) >= 11 is 0. The Labute approximate surface area is 138 Å². The zero-order valence-electron chi connectivity index (χ0n) is 12.4. The monoisotopic (exact) mass is 358 g/mol. The second kappa shape index (κ2) is 7.04. The zero-order chi connectivity index (χ0) is 17.9. The van der Waals surface area contributed by atoms with Gasteiger partial charge in [0.05, 0.1) is 21.3 Å². The van der Waals surface area contributed by atoms with Crippen LogP contribution in [0.15, 0.2) is 58.3 Å². The highest BCUT2D eigenvalue weighted by Gasteiger charge is 2.34. The average molecular weight is 358 g/mol. The minimum atomic E-state index is -4.60. The quantitative estimate of drug-likeness (QED) is 0.885. The van der Waals surface area contributed by atoms with Gasteiger partial charge in [-0.25, -0.2) is 9.00 Å². The Hall–Kier alpha value is -2.35. The predicted octanol–water partition coefficient (Wildman–Crippen LogP) is 3.72. The fourth-order valence-electron chi connectivity index (χ4n) is 1.89. The maximum atomic E-state index is 13.0. The summed E-state index contributed by atoms with van der Waals surface area (Å²) in [5.41, 5.74) is -0.955. The summed E-state index contributed by atoms with van der Waals surface area (Å²) in [6.07, 6.45) is -5.68. The van der Waals surface area contributed by atoms with Crippen LogP contribution in [0.25, 0.3) is 0 Å². The molecule has 128 valence electrons. The number of alkyl halides is 3. The lowest BCUT2D eigenvalue weighted by Crippen LogP contribution is -2.22. The molecule has 0 spiro atoms. The van der Waals surface area contributed by atoms with E-state index < -0.39 is 34.6 Å². The first-order chi connectivity index (χ1) is 11.2. The molecule has 0 bridgehead atoms. The van der Waals surface area contributed by atoms with Crippen molar-refractivity contribution in [2.45, 2.75) is 29.0 Å². The lowest BCUT2D eigenvalue weighted by atomic mass is 10.2. The number of aliphatic carboxylic acids is 1. The van der Waals surface area contributed by atoms with Crippen LogP contribution in [-0.4, -0.2) is 21.4 Å². The van der Waals surface area contributed by atoms with Crippen molar-refractivity contribution in [3.05, 3.63) is 54.1 Å². The topological polar surface area (TPSA) is 63.6 Å². The molecule has 0 aliphatic carbocycles. The summed E-state index contributed by atoms with van der Waals surface area (Å²) in [7, 11) is -2.03. The Morgan fingerprint density at radius 2 is 1.71 bits per heavy atom. The number of hydrogen-bond donors (Lipinski definition) is 1. The summed E-state index contributed by atoms with van der Waals surface area (Å²) in [5.74, 6) is -0.934. The lowest BCUT2D eigenvalue weighted by Gasteiger charge is -2.13. The molecule has 2 aromatic carbocycles. The molecule has 1 N–H and O–H groups in total. The van der Waals surface area contributed by atoms with E-state index in [1.54, 1.807) is 0 Å². The summed E-state index contributed by atoms with van der Waals surface area (Å²) in [4.78, 5) is 10.5. The molecule has 2 unspecified atom stereocenters. The van der Waals surface area contributed by atoms with Crippen LogP contribution in [0.4, 0.5) is 13.2 Å². The molecule has 2 aromatic rings. The van der Waals surface area contributed by atoms with Crippen LogP contribution in [0.1, 0.15) is 12.5 Å². The van der Waals surface area contributed by atoms with Crippen molar-refractivity contribution in [1.29, 1.82) is 0 Å². The number of rotatable bonds is 5. The summed E-state index contributed by atoms with van der Waals surface area (Å²) in [6.45, 7) is 1.34. The number of carboxylic acid groups (broad SMARTS) is 1. The highest BCUT2D eigenvalue weighted by Crippen LogP contribution is 2.35. The van der Waals surface area contributed by atoms with Gasteiger partial charge in [-0.15, -0.1) is 0 Å². The average Bonchev–Trinajstić information content (AvgIpc) is 2.54. The molecule has 0 amide bonds. The van der Waals surface area contributed by atoms with Crippen LogP contribution in [0.2, 0.25) is 0 Å². The first kappa shape index (κ1) is 18.0. The van der Waals surface area contributed by atoms with Crippen LogP contribution in [0.5, 0.6) is 5.75 Å². The Kier molecular flexibility index (Phi) is 5.28. The van der Waals surface area contributed by atoms with Crippen molar-refractivity contribution >= 4 is 16.8 Å². The van der Waals surface area contributed by atoms with Gasteiger partial charge < -0.3 is 9.84 Å². The third-order valence-electron chi connectivity index (χ3n) is 3.09. The van der Waals surface area contributed by atoms with Crippen LogP contribution >= 0.6 is 0 Å². The summed E-state index contributed by atoms with van der Waals surface area (Å²) in [6, 6.07) is 10.1. The molecule has 0 aliphatic rings. The van der Waals surface area contributed by atoms with Crippen molar-refractivity contribution in [3.63, 3.8) is 0 Å². The minimum absolute atomic E-state index is 0.155. The lowest BCUT2D eigenvalue weighted by molar-refractivity contribution is -0.144. The van der Waals surface area contributed by atoms with Gasteiger partial charge in [0.1, 0.15) is 5.75 Å². The highest BCUT2D eigenvalue weighted by atomic mass is 32.2. The van der Waals surface area contributed by atoms with Crippen molar-refractivity contribution in [3.8, 4) is 5.75 Å². The van der Waals surface area contributed by atoms with Crippen LogP contribution in [0.3, 0.4) is 0 Å². The predicted molar refractivity (Wildman–Crippen MR) is 80.3 cm³/mol. The van der Waals surface area contributed by atoms with E-state index in [1.807, 2.05) is 0 Å². The maximum Gasteiger partial charge on any atom is 0.417 e. The van der Waals surface area contributed by atoms with E-state index in [2.05, 4.69) is 0 Å². The molecule has 0 heterocycles. The van der Waals surface area contributed by atoms with E-state index >= 15 is 0 Å². The van der Waals surface area contributed by atoms with E-state index in [9.17, 15) is 22.2 Å². The molecule has 4 nitrogen and oxygen atoms in total. The maximum absolute atomic E-state index is 13.0. The molecule has 0 aliphatic heterocycles. The first-order valence-corrected chi connectivity index (χ1v) is 7.92. The Balaban J connectivity index is 2.27. The molecule has 0 fully saturated rings. The van der Waals surface area contributed by atoms with Gasteiger partial charge in [0.15, 0.2) is 6.10 Å². The number of hydrogen-bond acceptors (Lipinski definition) is 3. The van der Waals surface area contributed by atoms with E-state index in [0.29, 0.717) is 0 Å². The largest absolute Gasteiger partial charge is 0.479 e. The van der Waals surface area contributed by atoms with Crippen molar-refractivity contribution < 1.29 is 32.0 Å². The molecule has 24 heavy (non-hydrogen) atoms. The van der Waals surface area contributed by atoms with Gasteiger partial charge in [-0.1, -0.05) is 12.1 Å². The highest BCUT2D eigenvalue weighted by molar-refractivity contribution is 7.85. The number of benzene rings is 2. The second-order valence-corrected chi connectivity index (χ2v) is 6.28. The van der Waals surface area contributed by atoms with Crippen LogP contribution in [-0.2, 0) is 21.8 Å². The van der Waals surface area contributed by atoms with E-state index in [-0.39, 0.29) is 15.5 Å². The van der Waals surface area contributed by atoms with Crippen molar-refractivity contribution in [2.75, 3.05) is 0 Å². The zero-order valence-corrected chi connectivity index (χ0v) is 13.2. The summed E-state index contributed by atoms with van der Waals surface area (Å²) < 4.78 is 56.5. The number of halogens is 3. The first-order valence-electron chi connectivity index (χ1n) is 6.77. The van der Waals surface area contributed by atoms with Crippen molar-refractivity contribution in [1.82, 2.24) is 0 Å². The van der Waals surface area contributed by atoms with E-state index in [4.69, 9.17) is 9.84 Å². The van der Waals surface area contributed by atoms with Gasteiger partial charge in [-0.2, -0.15) is 13.2 Å². The van der Waals surface area contributed by atoms with Crippen LogP contribution in [0, 0.1) is 0 Å². The van der Waals surface area contributed by atoms with Gasteiger partial charge >= 0.3 is 12.1 Å². The molecule has 0 saturated carbocycles. The number of carboxylic acids is 1. The molecule has 0 aromatic heterocycles. The molecule has 2 rings (SSSR count). The smallest absolute Gasteiger partial charge is 0.417 e. The Morgan fingerprint density at radius 3 is 2.25 bits per heavy atom. The molecule has 8 heteroatoms. The molecule has 0 saturated heterocycles. The van der Waals surface area contributed by atoms with Gasteiger partial charge in [-0.3, -0.25) is 0 Å². The second-order valence-electron chi connectivity index (χ2n) is 4.83. The van der Waals surface area contributed by atoms with Crippen LogP contribution < -0.4 is 4.74 Å². The van der Waals surface area contributed by atoms with Gasteiger partial charge in [-0.05, 0) is 43.3 Å². The van der Waals surface area contributed by atoms with E-state index in [0.717, 1.165) is 12.1 Å². The SMILES string of the molecule is CC(Oc1ccc(S(=O)c2ccccc2C(F)(F)F)cc1)C(=O)O. The third-order valence-corrected chi connectivity index (χ3v) is 4.55. The molecular weight excluding hydrogens is 345 g/mol. The fourth-order valence-corrected chi connectivity index (χ4v) is 3.11. The standard InChI is InChI=1S/C16H13F3O4S/c1-10(15(20)21)23-11-6-8-12(9-7-11)24(22)14-5-3-2-4-13(14)16(17,18)19/h2-10H,1H3,(H,20,21). The third kappa shape index (κ3) is 4.14. The van der Waals surface area contributed by atoms with Gasteiger partial charge in [0.25, 0.3) is 0 Å². The Bertz CT molecular complexity index is 757. The van der Waals surface area contributed by atoms with Gasteiger partial charge in [0, 0.05) is 4.90 Å². The number of ether oxygens (including phenoxy) is 1. The minimum Gasteiger partial charge on any atom is -0.479 e. The fraction of sp³-hybridized carbons (Fsp3) is 0.188. The van der Waals surface area contributed by atoms with Gasteiger partial charge in [0.2, 0.25) is 0 Å². The summed E-state index contributed by atoms with van der Waals surface area (Å²) in [5, 5.41) is 8.76. The number of carbonyl (C=O) groups is 1. The Morgan fingerprint density at radius 1 is 1.12 bits per heavy atom.